The molecule has 21 heavy (non-hydrogen) atoms. The fraction of sp³-hybridized carbons (Fsp3) is 0.867. The SMILES string of the molecule is O=C(O)CC1CCCN(C(=O)NC2CCN3CCCC23)C1. The van der Waals surface area contributed by atoms with Gasteiger partial charge in [0.25, 0.3) is 0 Å². The molecule has 3 heterocycles. The van der Waals surface area contributed by atoms with E-state index in [0.717, 1.165) is 32.4 Å². The molecule has 2 N–H and O–H groups in total. The third-order valence-corrected chi connectivity index (χ3v) is 5.18. The van der Waals surface area contributed by atoms with Gasteiger partial charge in [-0.1, -0.05) is 0 Å². The molecule has 0 aromatic rings. The zero-order chi connectivity index (χ0) is 14.8. The first-order chi connectivity index (χ1) is 10.1. The standard InChI is InChI=1S/C15H25N3O3/c19-14(20)9-11-3-1-7-18(10-11)15(21)16-12-5-8-17-6-2-4-13(12)17/h11-13H,1-10H2,(H,16,21)(H,19,20). The average molecular weight is 295 g/mol. The number of carboxylic acids is 1. The van der Waals surface area contributed by atoms with E-state index in [0.29, 0.717) is 12.6 Å². The van der Waals surface area contributed by atoms with Gasteiger partial charge in [0.1, 0.15) is 0 Å². The van der Waals surface area contributed by atoms with Gasteiger partial charge in [-0.05, 0) is 44.6 Å². The summed E-state index contributed by atoms with van der Waals surface area (Å²) in [7, 11) is 0. The van der Waals surface area contributed by atoms with Crippen LogP contribution in [0.15, 0.2) is 0 Å². The minimum atomic E-state index is -0.764. The van der Waals surface area contributed by atoms with Gasteiger partial charge in [-0.15, -0.1) is 0 Å². The lowest BCUT2D eigenvalue weighted by molar-refractivity contribution is -0.138. The van der Waals surface area contributed by atoms with Crippen molar-refractivity contribution < 1.29 is 14.7 Å². The predicted octanol–water partition coefficient (Wildman–Crippen LogP) is 1.12. The highest BCUT2D eigenvalue weighted by Gasteiger charge is 2.38. The summed E-state index contributed by atoms with van der Waals surface area (Å²) in [4.78, 5) is 27.5. The van der Waals surface area contributed by atoms with Gasteiger partial charge in [0, 0.05) is 38.1 Å². The Labute approximate surface area is 125 Å². The third-order valence-electron chi connectivity index (χ3n) is 5.18. The Bertz CT molecular complexity index is 415. The van der Waals surface area contributed by atoms with Crippen molar-refractivity contribution >= 4 is 12.0 Å². The van der Waals surface area contributed by atoms with Gasteiger partial charge in [-0.2, -0.15) is 0 Å². The van der Waals surface area contributed by atoms with Crippen LogP contribution < -0.4 is 5.32 Å². The fourth-order valence-corrected chi connectivity index (χ4v) is 4.16. The van der Waals surface area contributed by atoms with Crippen LogP contribution in [0.2, 0.25) is 0 Å². The molecule has 0 aromatic carbocycles. The number of hydrogen-bond donors (Lipinski definition) is 2. The van der Waals surface area contributed by atoms with Gasteiger partial charge in [0.05, 0.1) is 0 Å². The highest BCUT2D eigenvalue weighted by molar-refractivity contribution is 5.75. The largest absolute Gasteiger partial charge is 0.481 e. The summed E-state index contributed by atoms with van der Waals surface area (Å²) in [6.07, 6.45) is 5.46. The molecule has 0 bridgehead atoms. The van der Waals surface area contributed by atoms with Crippen molar-refractivity contribution in [1.29, 1.82) is 0 Å². The van der Waals surface area contributed by atoms with E-state index in [1.807, 2.05) is 4.90 Å². The van der Waals surface area contributed by atoms with E-state index in [9.17, 15) is 9.59 Å². The molecule has 3 unspecified atom stereocenters. The molecule has 3 aliphatic heterocycles. The second-order valence-electron chi connectivity index (χ2n) is 6.64. The van der Waals surface area contributed by atoms with E-state index in [2.05, 4.69) is 10.2 Å². The van der Waals surface area contributed by atoms with Gasteiger partial charge in [0.2, 0.25) is 0 Å². The number of carboxylic acid groups (broad SMARTS) is 1. The van der Waals surface area contributed by atoms with Crippen LogP contribution in [-0.2, 0) is 4.79 Å². The minimum Gasteiger partial charge on any atom is -0.481 e. The molecule has 6 heteroatoms. The van der Waals surface area contributed by atoms with Crippen LogP contribution in [0.4, 0.5) is 4.79 Å². The van der Waals surface area contributed by atoms with Crippen LogP contribution in [0, 0.1) is 5.92 Å². The molecular weight excluding hydrogens is 270 g/mol. The first kappa shape index (κ1) is 14.6. The topological polar surface area (TPSA) is 72.9 Å². The highest BCUT2D eigenvalue weighted by atomic mass is 16.4. The summed E-state index contributed by atoms with van der Waals surface area (Å²) in [6, 6.07) is 0.803. The van der Waals surface area contributed by atoms with Crippen molar-refractivity contribution in [3.05, 3.63) is 0 Å². The van der Waals surface area contributed by atoms with Crippen LogP contribution in [-0.4, -0.2) is 65.2 Å². The molecule has 0 aliphatic carbocycles. The predicted molar refractivity (Wildman–Crippen MR) is 78.1 cm³/mol. The zero-order valence-electron chi connectivity index (χ0n) is 12.5. The van der Waals surface area contributed by atoms with E-state index >= 15 is 0 Å². The monoisotopic (exact) mass is 295 g/mol. The van der Waals surface area contributed by atoms with Gasteiger partial charge >= 0.3 is 12.0 Å². The average Bonchev–Trinajstić information content (AvgIpc) is 3.03. The van der Waals surface area contributed by atoms with Gasteiger partial charge in [-0.25, -0.2) is 4.79 Å². The summed E-state index contributed by atoms with van der Waals surface area (Å²) < 4.78 is 0. The smallest absolute Gasteiger partial charge is 0.317 e. The molecule has 3 rings (SSSR count). The fourth-order valence-electron chi connectivity index (χ4n) is 4.16. The summed E-state index contributed by atoms with van der Waals surface area (Å²) in [5.74, 6) is -0.659. The molecule has 0 radical (unpaired) electrons. The number of nitrogens with zero attached hydrogens (tertiary/aromatic N) is 2. The molecule has 3 atom stereocenters. The Balaban J connectivity index is 1.51. The van der Waals surface area contributed by atoms with Crippen molar-refractivity contribution in [2.45, 2.75) is 50.6 Å². The first-order valence-electron chi connectivity index (χ1n) is 8.15. The number of amides is 2. The lowest BCUT2D eigenvalue weighted by Gasteiger charge is -2.33. The number of nitrogens with one attached hydrogen (secondary N) is 1. The number of carbonyl (C=O) groups is 2. The number of rotatable bonds is 3. The minimum absolute atomic E-state index is 0.00355. The maximum atomic E-state index is 12.4. The maximum absolute atomic E-state index is 12.4. The third kappa shape index (κ3) is 3.31. The van der Waals surface area contributed by atoms with Crippen LogP contribution in [0.5, 0.6) is 0 Å². The molecule has 118 valence electrons. The molecule has 3 saturated heterocycles. The Morgan fingerprint density at radius 1 is 1.10 bits per heavy atom. The van der Waals surface area contributed by atoms with E-state index in [4.69, 9.17) is 5.11 Å². The summed E-state index contributed by atoms with van der Waals surface area (Å²) >= 11 is 0. The van der Waals surface area contributed by atoms with Gasteiger partial charge in [-0.3, -0.25) is 9.69 Å². The lowest BCUT2D eigenvalue weighted by Crippen LogP contribution is -2.51. The second-order valence-corrected chi connectivity index (χ2v) is 6.64. The van der Waals surface area contributed by atoms with E-state index in [1.54, 1.807) is 0 Å². The molecule has 0 aromatic heterocycles. The van der Waals surface area contributed by atoms with Crippen molar-refractivity contribution in [2.24, 2.45) is 5.92 Å². The van der Waals surface area contributed by atoms with Gasteiger partial charge in [0.15, 0.2) is 0 Å². The summed E-state index contributed by atoms with van der Waals surface area (Å²) in [5, 5.41) is 12.1. The Morgan fingerprint density at radius 3 is 2.71 bits per heavy atom. The first-order valence-corrected chi connectivity index (χ1v) is 8.15. The molecule has 6 nitrogen and oxygen atoms in total. The van der Waals surface area contributed by atoms with Crippen molar-refractivity contribution in [1.82, 2.24) is 15.1 Å². The van der Waals surface area contributed by atoms with Gasteiger partial charge < -0.3 is 15.3 Å². The van der Waals surface area contributed by atoms with Crippen molar-refractivity contribution in [3.8, 4) is 0 Å². The lowest BCUT2D eigenvalue weighted by atomic mass is 9.95. The Kier molecular flexibility index (Phi) is 4.33. The summed E-state index contributed by atoms with van der Waals surface area (Å²) in [6.45, 7) is 3.60. The zero-order valence-corrected chi connectivity index (χ0v) is 12.5. The number of carbonyl (C=O) groups excluding carboxylic acids is 1. The normalized spacial score (nSPS) is 33.0. The van der Waals surface area contributed by atoms with Crippen molar-refractivity contribution in [2.75, 3.05) is 26.2 Å². The van der Waals surface area contributed by atoms with Crippen LogP contribution in [0.25, 0.3) is 0 Å². The molecule has 0 spiro atoms. The van der Waals surface area contributed by atoms with Crippen LogP contribution in [0.3, 0.4) is 0 Å². The van der Waals surface area contributed by atoms with E-state index in [-0.39, 0.29) is 24.4 Å². The molecular formula is C15H25N3O3. The van der Waals surface area contributed by atoms with E-state index < -0.39 is 5.97 Å². The quantitative estimate of drug-likeness (QED) is 0.818. The number of aliphatic carboxylic acids is 1. The number of hydrogen-bond acceptors (Lipinski definition) is 3. The molecule has 0 saturated carbocycles. The maximum Gasteiger partial charge on any atom is 0.317 e. The summed E-state index contributed by atoms with van der Waals surface area (Å²) in [5.41, 5.74) is 0. The second kappa shape index (κ2) is 6.22. The Morgan fingerprint density at radius 2 is 1.90 bits per heavy atom. The number of likely N-dealkylation sites (tertiary alicyclic amines) is 1. The number of urea groups is 1. The van der Waals surface area contributed by atoms with E-state index in [1.165, 1.54) is 19.4 Å². The van der Waals surface area contributed by atoms with Crippen molar-refractivity contribution in [3.63, 3.8) is 0 Å². The highest BCUT2D eigenvalue weighted by Crippen LogP contribution is 2.28. The molecule has 3 aliphatic rings. The number of piperidine rings is 1. The van der Waals surface area contributed by atoms with Crippen LogP contribution >= 0.6 is 0 Å². The Hall–Kier alpha value is -1.30. The molecule has 3 fully saturated rings. The van der Waals surface area contributed by atoms with Crippen LogP contribution in [0.1, 0.15) is 38.5 Å². The molecule has 2 amide bonds. The number of fused-ring (bicyclic) bond motifs is 1.